The van der Waals surface area contributed by atoms with Crippen LogP contribution >= 0.6 is 0 Å². The van der Waals surface area contributed by atoms with Crippen molar-refractivity contribution in [1.82, 2.24) is 0 Å². The van der Waals surface area contributed by atoms with E-state index in [1.165, 1.54) is 6.26 Å². The lowest BCUT2D eigenvalue weighted by molar-refractivity contribution is -0.152. The molecule has 0 saturated heterocycles. The van der Waals surface area contributed by atoms with E-state index < -0.39 is 18.2 Å². The van der Waals surface area contributed by atoms with E-state index >= 15 is 0 Å². The molecule has 0 fully saturated rings. The summed E-state index contributed by atoms with van der Waals surface area (Å²) in [5, 5.41) is 2.12. The van der Waals surface area contributed by atoms with Crippen LogP contribution in [-0.4, -0.2) is 18.2 Å². The van der Waals surface area contributed by atoms with Crippen molar-refractivity contribution in [2.45, 2.75) is 19.8 Å². The first kappa shape index (κ1) is 19.5. The molecule has 3 aromatic rings. The lowest BCUT2D eigenvalue weighted by Gasteiger charge is -2.12. The third-order valence-electron chi connectivity index (χ3n) is 4.79. The zero-order valence-electron chi connectivity index (χ0n) is 16.4. The van der Waals surface area contributed by atoms with Gasteiger partial charge < -0.3 is 14.2 Å². The highest BCUT2D eigenvalue weighted by Crippen LogP contribution is 2.22. The predicted molar refractivity (Wildman–Crippen MR) is 113 cm³/mol. The second-order valence-corrected chi connectivity index (χ2v) is 6.87. The maximum atomic E-state index is 12.9. The van der Waals surface area contributed by atoms with Gasteiger partial charge in [0.25, 0.3) is 6.29 Å². The molecule has 5 heteroatoms. The maximum absolute atomic E-state index is 12.9. The van der Waals surface area contributed by atoms with Crippen LogP contribution in [0.2, 0.25) is 0 Å². The SMILES string of the molecule is CC1=CC(O/C=C(/C(=O)OCc2cccc3ccccc23)c2ccccc2)OC1=O. The van der Waals surface area contributed by atoms with Gasteiger partial charge in [0.1, 0.15) is 18.4 Å². The van der Waals surface area contributed by atoms with Gasteiger partial charge in [-0.15, -0.1) is 0 Å². The third kappa shape index (κ3) is 4.25. The van der Waals surface area contributed by atoms with Crippen LogP contribution in [0.25, 0.3) is 16.3 Å². The zero-order chi connectivity index (χ0) is 20.9. The average molecular weight is 400 g/mol. The van der Waals surface area contributed by atoms with Crippen molar-refractivity contribution in [1.29, 1.82) is 0 Å². The molecule has 0 saturated carbocycles. The van der Waals surface area contributed by atoms with Crippen molar-refractivity contribution in [3.8, 4) is 0 Å². The van der Waals surface area contributed by atoms with E-state index in [-0.39, 0.29) is 12.2 Å². The molecule has 0 spiro atoms. The van der Waals surface area contributed by atoms with Gasteiger partial charge in [0.15, 0.2) is 0 Å². The minimum atomic E-state index is -0.859. The van der Waals surface area contributed by atoms with Crippen LogP contribution < -0.4 is 0 Å². The zero-order valence-corrected chi connectivity index (χ0v) is 16.4. The number of cyclic esters (lactones) is 1. The normalized spacial score (nSPS) is 16.2. The van der Waals surface area contributed by atoms with Gasteiger partial charge in [-0.3, -0.25) is 0 Å². The van der Waals surface area contributed by atoms with Crippen molar-refractivity contribution in [2.24, 2.45) is 0 Å². The number of carbonyl (C=O) groups is 2. The van der Waals surface area contributed by atoms with Gasteiger partial charge in [-0.2, -0.15) is 0 Å². The van der Waals surface area contributed by atoms with Crippen LogP contribution in [0.5, 0.6) is 0 Å². The quantitative estimate of drug-likeness (QED) is 0.339. The molecule has 3 aromatic carbocycles. The highest BCUT2D eigenvalue weighted by atomic mass is 16.7. The van der Waals surface area contributed by atoms with Gasteiger partial charge in [-0.05, 0) is 28.8 Å². The number of hydrogen-bond acceptors (Lipinski definition) is 5. The molecule has 0 aromatic heterocycles. The number of esters is 2. The minimum Gasteiger partial charge on any atom is -0.458 e. The summed E-state index contributed by atoms with van der Waals surface area (Å²) in [6, 6.07) is 22.9. The summed E-state index contributed by atoms with van der Waals surface area (Å²) < 4.78 is 16.2. The van der Waals surface area contributed by atoms with Crippen molar-refractivity contribution in [3.63, 3.8) is 0 Å². The first-order chi connectivity index (χ1) is 14.6. The molecule has 4 rings (SSSR count). The molecule has 1 atom stereocenters. The fraction of sp³-hybridized carbons (Fsp3) is 0.120. The van der Waals surface area contributed by atoms with Crippen molar-refractivity contribution in [3.05, 3.63) is 102 Å². The Labute approximate surface area is 174 Å². The summed E-state index contributed by atoms with van der Waals surface area (Å²) in [4.78, 5) is 24.4. The molecule has 0 radical (unpaired) electrons. The van der Waals surface area contributed by atoms with E-state index in [0.717, 1.165) is 16.3 Å². The molecule has 0 amide bonds. The second-order valence-electron chi connectivity index (χ2n) is 6.87. The van der Waals surface area contributed by atoms with Crippen molar-refractivity contribution >= 4 is 28.3 Å². The van der Waals surface area contributed by atoms with Crippen LogP contribution in [0.4, 0.5) is 0 Å². The molecule has 1 unspecified atom stereocenters. The van der Waals surface area contributed by atoms with E-state index in [9.17, 15) is 9.59 Å². The van der Waals surface area contributed by atoms with E-state index in [0.29, 0.717) is 11.1 Å². The lowest BCUT2D eigenvalue weighted by Crippen LogP contribution is -2.12. The Balaban J connectivity index is 1.54. The monoisotopic (exact) mass is 400 g/mol. The number of hydrogen-bond donors (Lipinski definition) is 0. The van der Waals surface area contributed by atoms with Crippen LogP contribution in [-0.2, 0) is 30.4 Å². The van der Waals surface area contributed by atoms with Crippen LogP contribution in [0, 0.1) is 0 Å². The summed E-state index contributed by atoms with van der Waals surface area (Å²) in [6.45, 7) is 1.77. The maximum Gasteiger partial charge on any atom is 0.342 e. The molecule has 1 aliphatic rings. The van der Waals surface area contributed by atoms with Gasteiger partial charge >= 0.3 is 11.9 Å². The molecule has 1 heterocycles. The minimum absolute atomic E-state index is 0.127. The molecule has 0 N–H and O–H groups in total. The van der Waals surface area contributed by atoms with E-state index in [2.05, 4.69) is 0 Å². The topological polar surface area (TPSA) is 61.8 Å². The lowest BCUT2D eigenvalue weighted by atomic mass is 10.1. The fourth-order valence-corrected chi connectivity index (χ4v) is 3.20. The highest BCUT2D eigenvalue weighted by Gasteiger charge is 2.23. The summed E-state index contributed by atoms with van der Waals surface area (Å²) in [6.07, 6.45) is 1.98. The van der Waals surface area contributed by atoms with E-state index in [1.54, 1.807) is 25.1 Å². The smallest absolute Gasteiger partial charge is 0.342 e. The Kier molecular flexibility index (Phi) is 5.61. The summed E-state index contributed by atoms with van der Waals surface area (Å²) in [5.74, 6) is -0.965. The highest BCUT2D eigenvalue weighted by molar-refractivity contribution is 6.16. The summed E-state index contributed by atoms with van der Waals surface area (Å²) >= 11 is 0. The largest absolute Gasteiger partial charge is 0.458 e. The second kappa shape index (κ2) is 8.66. The molecular weight excluding hydrogens is 380 g/mol. The summed E-state index contributed by atoms with van der Waals surface area (Å²) in [5.41, 5.74) is 2.27. The van der Waals surface area contributed by atoms with Crippen LogP contribution in [0.1, 0.15) is 18.1 Å². The Morgan fingerprint density at radius 1 is 1.00 bits per heavy atom. The van der Waals surface area contributed by atoms with Gasteiger partial charge in [0.05, 0.1) is 0 Å². The average Bonchev–Trinajstić information content (AvgIpc) is 3.10. The van der Waals surface area contributed by atoms with E-state index in [1.807, 2.05) is 60.7 Å². The van der Waals surface area contributed by atoms with E-state index in [4.69, 9.17) is 14.2 Å². The first-order valence-corrected chi connectivity index (χ1v) is 9.56. The number of rotatable bonds is 6. The molecule has 30 heavy (non-hydrogen) atoms. The Bertz CT molecular complexity index is 1140. The summed E-state index contributed by atoms with van der Waals surface area (Å²) in [7, 11) is 0. The third-order valence-corrected chi connectivity index (χ3v) is 4.79. The fourth-order valence-electron chi connectivity index (χ4n) is 3.20. The number of fused-ring (bicyclic) bond motifs is 1. The van der Waals surface area contributed by atoms with Gasteiger partial charge in [0, 0.05) is 11.6 Å². The molecule has 5 nitrogen and oxygen atoms in total. The van der Waals surface area contributed by atoms with Gasteiger partial charge in [0.2, 0.25) is 0 Å². The van der Waals surface area contributed by atoms with Gasteiger partial charge in [-0.25, -0.2) is 9.59 Å². The number of benzene rings is 3. The predicted octanol–water partition coefficient (Wildman–Crippen LogP) is 4.77. The molecule has 150 valence electrons. The first-order valence-electron chi connectivity index (χ1n) is 9.56. The van der Waals surface area contributed by atoms with Crippen LogP contribution in [0.15, 0.2) is 90.7 Å². The van der Waals surface area contributed by atoms with Gasteiger partial charge in [-0.1, -0.05) is 72.8 Å². The standard InChI is InChI=1S/C25H20O5/c1-17-14-23(30-24(17)26)28-16-22(19-8-3-2-4-9-19)25(27)29-15-20-12-7-11-18-10-5-6-13-21(18)20/h2-14,16,23H,15H2,1H3/b22-16+. The molecule has 1 aliphatic heterocycles. The Morgan fingerprint density at radius 2 is 1.73 bits per heavy atom. The molecule has 0 aliphatic carbocycles. The number of carbonyl (C=O) groups excluding carboxylic acids is 2. The van der Waals surface area contributed by atoms with Crippen molar-refractivity contribution < 1.29 is 23.8 Å². The molecule has 0 bridgehead atoms. The van der Waals surface area contributed by atoms with Crippen molar-refractivity contribution in [2.75, 3.05) is 0 Å². The van der Waals surface area contributed by atoms with Crippen LogP contribution in [0.3, 0.4) is 0 Å². The Hall–Kier alpha value is -3.86. The Morgan fingerprint density at radius 3 is 2.50 bits per heavy atom. The number of ether oxygens (including phenoxy) is 3. The molecular formula is C25H20O5.